The molecular formula is C16H16ClN3O3. The number of hydrogen-bond acceptors (Lipinski definition) is 4. The van der Waals surface area contributed by atoms with Crippen LogP contribution in [0.3, 0.4) is 0 Å². The summed E-state index contributed by atoms with van der Waals surface area (Å²) in [6.45, 7) is 0.556. The lowest BCUT2D eigenvalue weighted by molar-refractivity contribution is 0.355. The molecule has 1 heterocycles. The summed E-state index contributed by atoms with van der Waals surface area (Å²) in [6, 6.07) is 9.31. The van der Waals surface area contributed by atoms with Gasteiger partial charge in [0, 0.05) is 12.2 Å². The highest BCUT2D eigenvalue weighted by Crippen LogP contribution is 2.36. The molecule has 0 aliphatic heterocycles. The first-order chi connectivity index (χ1) is 11.1. The van der Waals surface area contributed by atoms with Crippen LogP contribution < -0.4 is 20.5 Å². The minimum Gasteiger partial charge on any atom is -0.493 e. The van der Waals surface area contributed by atoms with Gasteiger partial charge < -0.3 is 24.8 Å². The lowest BCUT2D eigenvalue weighted by Gasteiger charge is -2.13. The van der Waals surface area contributed by atoms with Gasteiger partial charge in [-0.15, -0.1) is 0 Å². The maximum absolute atomic E-state index is 11.3. The van der Waals surface area contributed by atoms with E-state index >= 15 is 0 Å². The van der Waals surface area contributed by atoms with Crippen molar-refractivity contribution in [1.82, 2.24) is 9.97 Å². The van der Waals surface area contributed by atoms with Crippen molar-refractivity contribution in [3.05, 3.63) is 51.4 Å². The number of aromatic amines is 2. The first-order valence-corrected chi connectivity index (χ1v) is 7.35. The highest BCUT2D eigenvalue weighted by Gasteiger charge is 2.10. The predicted octanol–water partition coefficient (Wildman–Crippen LogP) is 3.14. The molecule has 3 aromatic rings. The van der Waals surface area contributed by atoms with Crippen LogP contribution in [0.25, 0.3) is 11.0 Å². The second kappa shape index (κ2) is 6.26. The van der Waals surface area contributed by atoms with Crippen LogP contribution in [-0.2, 0) is 6.54 Å². The van der Waals surface area contributed by atoms with Gasteiger partial charge in [-0.2, -0.15) is 0 Å². The SMILES string of the molecule is COc1cc(CNc2ccc3[nH]c(=O)[nH]c3c2)cc(Cl)c1OC. The van der Waals surface area contributed by atoms with Crippen LogP contribution in [0.15, 0.2) is 35.1 Å². The molecule has 23 heavy (non-hydrogen) atoms. The van der Waals surface area contributed by atoms with Crippen molar-refractivity contribution in [2.45, 2.75) is 6.54 Å². The number of methoxy groups -OCH3 is 2. The van der Waals surface area contributed by atoms with Crippen molar-refractivity contribution >= 4 is 28.3 Å². The summed E-state index contributed by atoms with van der Waals surface area (Å²) in [6.07, 6.45) is 0. The molecule has 6 nitrogen and oxygen atoms in total. The lowest BCUT2D eigenvalue weighted by Crippen LogP contribution is -2.01. The second-order valence-electron chi connectivity index (χ2n) is 5.01. The molecular weight excluding hydrogens is 318 g/mol. The number of anilines is 1. The fourth-order valence-electron chi connectivity index (χ4n) is 2.42. The van der Waals surface area contributed by atoms with Crippen LogP contribution in [-0.4, -0.2) is 24.2 Å². The number of halogens is 1. The molecule has 2 aromatic carbocycles. The van der Waals surface area contributed by atoms with Crippen LogP contribution in [0.4, 0.5) is 5.69 Å². The third kappa shape index (κ3) is 3.12. The Hall–Kier alpha value is -2.60. The summed E-state index contributed by atoms with van der Waals surface area (Å²) in [5.41, 5.74) is 3.15. The molecule has 0 aliphatic rings. The van der Waals surface area contributed by atoms with E-state index in [4.69, 9.17) is 21.1 Å². The van der Waals surface area contributed by atoms with Crippen molar-refractivity contribution in [3.8, 4) is 11.5 Å². The Morgan fingerprint density at radius 3 is 2.61 bits per heavy atom. The largest absolute Gasteiger partial charge is 0.493 e. The maximum atomic E-state index is 11.3. The smallest absolute Gasteiger partial charge is 0.323 e. The van der Waals surface area contributed by atoms with E-state index in [0.717, 1.165) is 22.3 Å². The third-order valence-corrected chi connectivity index (χ3v) is 3.79. The van der Waals surface area contributed by atoms with E-state index in [-0.39, 0.29) is 5.69 Å². The number of aromatic nitrogens is 2. The minimum atomic E-state index is -0.219. The molecule has 1 aromatic heterocycles. The summed E-state index contributed by atoms with van der Waals surface area (Å²) in [4.78, 5) is 16.7. The van der Waals surface area contributed by atoms with E-state index in [1.807, 2.05) is 30.3 Å². The molecule has 7 heteroatoms. The number of rotatable bonds is 5. The molecule has 0 saturated carbocycles. The maximum Gasteiger partial charge on any atom is 0.323 e. The number of imidazole rings is 1. The van der Waals surface area contributed by atoms with Gasteiger partial charge in [0.15, 0.2) is 11.5 Å². The molecule has 3 rings (SSSR count). The summed E-state index contributed by atoms with van der Waals surface area (Å²) in [5, 5.41) is 3.78. The summed E-state index contributed by atoms with van der Waals surface area (Å²) < 4.78 is 10.5. The van der Waals surface area contributed by atoms with Gasteiger partial charge in [-0.1, -0.05) is 11.6 Å². The van der Waals surface area contributed by atoms with Crippen LogP contribution in [0.2, 0.25) is 5.02 Å². The monoisotopic (exact) mass is 333 g/mol. The van der Waals surface area contributed by atoms with Crippen LogP contribution in [0, 0.1) is 0 Å². The molecule has 0 saturated heterocycles. The summed E-state index contributed by atoms with van der Waals surface area (Å²) >= 11 is 6.20. The fourth-order valence-corrected chi connectivity index (χ4v) is 2.73. The zero-order chi connectivity index (χ0) is 16.4. The van der Waals surface area contributed by atoms with Gasteiger partial charge >= 0.3 is 5.69 Å². The minimum absolute atomic E-state index is 0.219. The predicted molar refractivity (Wildman–Crippen MR) is 90.8 cm³/mol. The molecule has 0 unspecified atom stereocenters. The van der Waals surface area contributed by atoms with Crippen LogP contribution >= 0.6 is 11.6 Å². The number of H-pyrrole nitrogens is 2. The van der Waals surface area contributed by atoms with Crippen LogP contribution in [0.5, 0.6) is 11.5 Å². The van der Waals surface area contributed by atoms with E-state index in [2.05, 4.69) is 15.3 Å². The van der Waals surface area contributed by atoms with E-state index in [1.54, 1.807) is 14.2 Å². The average molecular weight is 334 g/mol. The molecule has 0 fully saturated rings. The number of hydrogen-bond donors (Lipinski definition) is 3. The number of nitrogens with one attached hydrogen (secondary N) is 3. The van der Waals surface area contributed by atoms with Gasteiger partial charge in [0.2, 0.25) is 0 Å². The first-order valence-electron chi connectivity index (χ1n) is 6.97. The Morgan fingerprint density at radius 1 is 1.09 bits per heavy atom. The van der Waals surface area contributed by atoms with Crippen molar-refractivity contribution < 1.29 is 9.47 Å². The van der Waals surface area contributed by atoms with Crippen molar-refractivity contribution in [2.75, 3.05) is 19.5 Å². The van der Waals surface area contributed by atoms with Crippen molar-refractivity contribution in [2.24, 2.45) is 0 Å². The standard InChI is InChI=1S/C16H16ClN3O3/c1-22-14-6-9(5-11(17)15(14)23-2)8-18-10-3-4-12-13(7-10)20-16(21)19-12/h3-7,18H,8H2,1-2H3,(H2,19,20,21). The van der Waals surface area contributed by atoms with Gasteiger partial charge in [0.25, 0.3) is 0 Å². The Kier molecular flexibility index (Phi) is 4.16. The van der Waals surface area contributed by atoms with Crippen LogP contribution in [0.1, 0.15) is 5.56 Å². The third-order valence-electron chi connectivity index (χ3n) is 3.51. The first kappa shape index (κ1) is 15.3. The number of fused-ring (bicyclic) bond motifs is 1. The number of benzene rings is 2. The Balaban J connectivity index is 1.81. The molecule has 0 aliphatic carbocycles. The van der Waals surface area contributed by atoms with Gasteiger partial charge in [-0.3, -0.25) is 0 Å². The molecule has 0 amide bonds. The summed E-state index contributed by atoms with van der Waals surface area (Å²) in [7, 11) is 3.12. The summed E-state index contributed by atoms with van der Waals surface area (Å²) in [5.74, 6) is 1.10. The highest BCUT2D eigenvalue weighted by molar-refractivity contribution is 6.32. The van der Waals surface area contributed by atoms with E-state index < -0.39 is 0 Å². The lowest BCUT2D eigenvalue weighted by atomic mass is 10.2. The van der Waals surface area contributed by atoms with Gasteiger partial charge in [-0.05, 0) is 35.9 Å². The molecule has 0 radical (unpaired) electrons. The Morgan fingerprint density at radius 2 is 1.87 bits per heavy atom. The zero-order valence-electron chi connectivity index (χ0n) is 12.7. The molecule has 3 N–H and O–H groups in total. The van der Waals surface area contributed by atoms with Gasteiger partial charge in [0.1, 0.15) is 0 Å². The molecule has 120 valence electrons. The Labute approximate surface area is 137 Å². The van der Waals surface area contributed by atoms with Gasteiger partial charge in [-0.25, -0.2) is 4.79 Å². The Bertz CT molecular complexity index is 901. The van der Waals surface area contributed by atoms with Crippen molar-refractivity contribution in [1.29, 1.82) is 0 Å². The van der Waals surface area contributed by atoms with E-state index in [0.29, 0.717) is 23.1 Å². The molecule has 0 spiro atoms. The van der Waals surface area contributed by atoms with E-state index in [9.17, 15) is 4.79 Å². The number of ether oxygens (including phenoxy) is 2. The topological polar surface area (TPSA) is 79.1 Å². The quantitative estimate of drug-likeness (QED) is 0.670. The molecule has 0 bridgehead atoms. The van der Waals surface area contributed by atoms with E-state index in [1.165, 1.54) is 0 Å². The van der Waals surface area contributed by atoms with Crippen molar-refractivity contribution in [3.63, 3.8) is 0 Å². The zero-order valence-corrected chi connectivity index (χ0v) is 13.5. The second-order valence-corrected chi connectivity index (χ2v) is 5.41. The molecule has 0 atom stereocenters. The highest BCUT2D eigenvalue weighted by atomic mass is 35.5. The fraction of sp³-hybridized carbons (Fsp3) is 0.188. The van der Waals surface area contributed by atoms with Gasteiger partial charge in [0.05, 0.1) is 30.3 Å². The average Bonchev–Trinajstić information content (AvgIpc) is 2.91. The normalized spacial score (nSPS) is 10.7.